The quantitative estimate of drug-likeness (QED) is 0.362. The lowest BCUT2D eigenvalue weighted by atomic mass is 9.56. The molecule has 1 atom stereocenters. The molecule has 1 spiro atoms. The Morgan fingerprint density at radius 2 is 1.86 bits per heavy atom. The van der Waals surface area contributed by atoms with Gasteiger partial charge in [-0.25, -0.2) is 0 Å². The Morgan fingerprint density at radius 1 is 1.10 bits per heavy atom. The first-order valence-electron chi connectivity index (χ1n) is 15.9. The van der Waals surface area contributed by atoms with Gasteiger partial charge in [-0.2, -0.15) is 5.26 Å². The maximum atomic E-state index is 13.2. The molecule has 1 aromatic heterocycles. The molecular formula is C35H43N5O2. The molecule has 2 aliphatic carbocycles. The van der Waals surface area contributed by atoms with E-state index in [2.05, 4.69) is 57.4 Å². The number of aryl methyl sites for hydroxylation is 1. The van der Waals surface area contributed by atoms with Crippen molar-refractivity contribution in [1.82, 2.24) is 20.1 Å². The molecule has 0 bridgehead atoms. The molecule has 4 aliphatic rings. The van der Waals surface area contributed by atoms with E-state index in [0.717, 1.165) is 82.1 Å². The van der Waals surface area contributed by atoms with Crippen molar-refractivity contribution in [2.24, 2.45) is 11.3 Å². The molecule has 220 valence electrons. The minimum Gasteiger partial charge on any atom is -0.496 e. The highest BCUT2D eigenvalue weighted by Gasteiger charge is 2.49. The van der Waals surface area contributed by atoms with Gasteiger partial charge in [-0.3, -0.25) is 9.69 Å². The summed E-state index contributed by atoms with van der Waals surface area (Å²) in [5, 5.41) is 14.0. The van der Waals surface area contributed by atoms with Crippen LogP contribution in [0.5, 0.6) is 5.75 Å². The number of nitrogens with zero attached hydrogens (tertiary/aromatic N) is 3. The van der Waals surface area contributed by atoms with Crippen LogP contribution in [-0.4, -0.2) is 59.5 Å². The van der Waals surface area contributed by atoms with Gasteiger partial charge in [0.15, 0.2) is 0 Å². The summed E-state index contributed by atoms with van der Waals surface area (Å²) in [4.78, 5) is 21.8. The maximum absolute atomic E-state index is 13.2. The van der Waals surface area contributed by atoms with E-state index in [9.17, 15) is 10.1 Å². The molecule has 7 heteroatoms. The molecule has 42 heavy (non-hydrogen) atoms. The number of nitriles is 1. The minimum atomic E-state index is 0.0403. The first kappa shape index (κ1) is 27.5. The van der Waals surface area contributed by atoms with Crippen molar-refractivity contribution in [2.45, 2.75) is 83.0 Å². The van der Waals surface area contributed by atoms with Crippen LogP contribution in [0.4, 0.5) is 0 Å². The molecule has 4 fully saturated rings. The lowest BCUT2D eigenvalue weighted by Gasteiger charge is -2.53. The highest BCUT2D eigenvalue weighted by Crippen LogP contribution is 2.57. The maximum Gasteiger partial charge on any atom is 0.251 e. The number of piperidine rings is 2. The van der Waals surface area contributed by atoms with Crippen LogP contribution in [0.15, 0.2) is 42.6 Å². The summed E-state index contributed by atoms with van der Waals surface area (Å²) < 4.78 is 5.89. The molecule has 0 unspecified atom stereocenters. The average molecular weight is 566 g/mol. The number of fused-ring (bicyclic) bond motifs is 1. The smallest absolute Gasteiger partial charge is 0.251 e. The number of hydrogen-bond donors (Lipinski definition) is 2. The third-order valence-electron chi connectivity index (χ3n) is 10.7. The molecule has 3 aromatic rings. The largest absolute Gasteiger partial charge is 0.496 e. The zero-order chi connectivity index (χ0) is 28.8. The number of rotatable bonds is 7. The number of likely N-dealkylation sites (tertiary alicyclic amines) is 2. The molecule has 2 saturated carbocycles. The monoisotopic (exact) mass is 565 g/mol. The Hall–Kier alpha value is -3.34. The van der Waals surface area contributed by atoms with E-state index >= 15 is 0 Å². The van der Waals surface area contributed by atoms with E-state index in [0.29, 0.717) is 0 Å². The number of nitrogens with one attached hydrogen (secondary N) is 2. The highest BCUT2D eigenvalue weighted by molar-refractivity contribution is 5.94. The van der Waals surface area contributed by atoms with Gasteiger partial charge in [-0.1, -0.05) is 12.1 Å². The molecule has 7 rings (SSSR count). The summed E-state index contributed by atoms with van der Waals surface area (Å²) in [6.45, 7) is 6.09. The van der Waals surface area contributed by atoms with Crippen molar-refractivity contribution in [2.75, 3.05) is 26.7 Å². The molecule has 7 nitrogen and oxygen atoms in total. The van der Waals surface area contributed by atoms with Crippen LogP contribution in [0.3, 0.4) is 0 Å². The number of ether oxygens (including phenoxy) is 1. The van der Waals surface area contributed by atoms with Gasteiger partial charge in [0.25, 0.3) is 5.91 Å². The first-order chi connectivity index (χ1) is 20.4. The van der Waals surface area contributed by atoms with Crippen LogP contribution in [-0.2, 0) is 6.54 Å². The molecule has 3 heterocycles. The van der Waals surface area contributed by atoms with Crippen molar-refractivity contribution >= 4 is 16.8 Å². The van der Waals surface area contributed by atoms with E-state index in [1.54, 1.807) is 7.11 Å². The van der Waals surface area contributed by atoms with Crippen LogP contribution in [0.2, 0.25) is 0 Å². The van der Waals surface area contributed by atoms with Crippen molar-refractivity contribution in [3.05, 3.63) is 64.8 Å². The summed E-state index contributed by atoms with van der Waals surface area (Å²) in [7, 11) is 1.76. The average Bonchev–Trinajstić information content (AvgIpc) is 3.73. The van der Waals surface area contributed by atoms with Crippen LogP contribution < -0.4 is 10.1 Å². The lowest BCUT2D eigenvalue weighted by Crippen LogP contribution is -2.48. The first-order valence-corrected chi connectivity index (χ1v) is 15.9. The summed E-state index contributed by atoms with van der Waals surface area (Å²) in [6.07, 6.45) is 11.0. The Morgan fingerprint density at radius 3 is 2.55 bits per heavy atom. The van der Waals surface area contributed by atoms with Gasteiger partial charge in [0, 0.05) is 71.9 Å². The fourth-order valence-electron chi connectivity index (χ4n) is 8.10. The van der Waals surface area contributed by atoms with Crippen LogP contribution in [0.25, 0.3) is 10.9 Å². The predicted octanol–water partition coefficient (Wildman–Crippen LogP) is 6.10. The number of amides is 1. The normalized spacial score (nSPS) is 27.1. The minimum absolute atomic E-state index is 0.0403. The number of carbonyl (C=O) groups excluding carboxylic acids is 1. The molecule has 0 radical (unpaired) electrons. The van der Waals surface area contributed by atoms with Gasteiger partial charge in [0.2, 0.25) is 0 Å². The molecule has 2 saturated heterocycles. The van der Waals surface area contributed by atoms with Crippen molar-refractivity contribution in [3.63, 3.8) is 0 Å². The zero-order valence-corrected chi connectivity index (χ0v) is 25.0. The van der Waals surface area contributed by atoms with Crippen LogP contribution in [0.1, 0.15) is 84.5 Å². The SMILES string of the molecule is COc1cc(C)c2[nH]ccc2c1CN1CCC2(CC(C#N)C2)C[C@H]1c1ccc(C(=O)NC2CCN(C3CC3)CC2)cc1. The van der Waals surface area contributed by atoms with Crippen LogP contribution in [0, 0.1) is 29.6 Å². The van der Waals surface area contributed by atoms with Gasteiger partial charge >= 0.3 is 0 Å². The van der Waals surface area contributed by atoms with Crippen molar-refractivity contribution in [1.29, 1.82) is 5.26 Å². The number of aromatic amines is 1. The van der Waals surface area contributed by atoms with Gasteiger partial charge in [-0.05, 0) is 106 Å². The summed E-state index contributed by atoms with van der Waals surface area (Å²) in [5.74, 6) is 1.16. The summed E-state index contributed by atoms with van der Waals surface area (Å²) in [5.41, 5.74) is 5.80. The highest BCUT2D eigenvalue weighted by atomic mass is 16.5. The molecular weight excluding hydrogens is 522 g/mol. The van der Waals surface area contributed by atoms with E-state index < -0.39 is 0 Å². The summed E-state index contributed by atoms with van der Waals surface area (Å²) in [6, 6.07) is 16.5. The molecule has 1 amide bonds. The van der Waals surface area contributed by atoms with Gasteiger partial charge in [0.1, 0.15) is 5.75 Å². The Balaban J connectivity index is 1.10. The number of aromatic nitrogens is 1. The van der Waals surface area contributed by atoms with Gasteiger partial charge < -0.3 is 19.9 Å². The van der Waals surface area contributed by atoms with E-state index in [1.165, 1.54) is 40.4 Å². The summed E-state index contributed by atoms with van der Waals surface area (Å²) >= 11 is 0. The molecule has 2 aliphatic heterocycles. The topological polar surface area (TPSA) is 84.4 Å². The zero-order valence-electron chi connectivity index (χ0n) is 25.0. The Labute approximate surface area is 249 Å². The Bertz CT molecular complexity index is 1490. The third kappa shape index (κ3) is 5.20. The number of methoxy groups -OCH3 is 1. The van der Waals surface area contributed by atoms with Crippen molar-refractivity contribution in [3.8, 4) is 11.8 Å². The number of H-pyrrole nitrogens is 1. The molecule has 2 N–H and O–H groups in total. The molecule has 2 aromatic carbocycles. The number of hydrogen-bond acceptors (Lipinski definition) is 5. The third-order valence-corrected chi connectivity index (χ3v) is 10.7. The number of benzene rings is 2. The second-order valence-corrected chi connectivity index (χ2v) is 13.5. The van der Waals surface area contributed by atoms with E-state index in [1.807, 2.05) is 18.3 Å². The van der Waals surface area contributed by atoms with E-state index in [-0.39, 0.29) is 29.3 Å². The van der Waals surface area contributed by atoms with Gasteiger partial charge in [0.05, 0.1) is 13.2 Å². The second kappa shape index (κ2) is 11.1. The van der Waals surface area contributed by atoms with Gasteiger partial charge in [-0.15, -0.1) is 0 Å². The standard InChI is InChI=1S/C35H43N5O2/c1-23-17-32(42-2)30(29-9-13-37-33(23)29)22-40-16-12-35(18-24(19-35)21-36)20-31(40)25-3-5-26(6-4-25)34(41)38-27-10-14-39(15-11-27)28-7-8-28/h3-6,9,13,17,24,27-28,31,37H,7-8,10-12,14-16,18-20,22H2,1-2H3,(H,38,41)/t24?,31-,35?/m0/s1. The fourth-order valence-corrected chi connectivity index (χ4v) is 8.10. The fraction of sp³-hybridized carbons (Fsp3) is 0.543. The van der Waals surface area contributed by atoms with Crippen molar-refractivity contribution < 1.29 is 9.53 Å². The van der Waals surface area contributed by atoms with Crippen LogP contribution >= 0.6 is 0 Å². The van der Waals surface area contributed by atoms with E-state index in [4.69, 9.17) is 4.74 Å². The second-order valence-electron chi connectivity index (χ2n) is 13.5. The Kier molecular flexibility index (Phi) is 7.24. The predicted molar refractivity (Wildman–Crippen MR) is 164 cm³/mol. The number of carbonyl (C=O) groups is 1. The lowest BCUT2D eigenvalue weighted by molar-refractivity contribution is -0.0298.